The van der Waals surface area contributed by atoms with Crippen LogP contribution in [0.4, 0.5) is 10.1 Å². The van der Waals surface area contributed by atoms with E-state index < -0.39 is 5.82 Å². The minimum Gasteiger partial charge on any atom is -0.494 e. The molecule has 0 radical (unpaired) electrons. The van der Waals surface area contributed by atoms with Crippen molar-refractivity contribution in [2.75, 3.05) is 7.11 Å². The summed E-state index contributed by atoms with van der Waals surface area (Å²) >= 11 is 10.2. The van der Waals surface area contributed by atoms with Gasteiger partial charge in [0.25, 0.3) is 0 Å². The van der Waals surface area contributed by atoms with E-state index in [9.17, 15) is 4.39 Å². The summed E-state index contributed by atoms with van der Waals surface area (Å²) in [5.74, 6) is -0.222. The molecule has 0 aliphatic heterocycles. The third-order valence-corrected chi connectivity index (χ3v) is 2.50. The average molecular weight is 284 g/mol. The Morgan fingerprint density at radius 3 is 2.89 bits per heavy atom. The summed E-state index contributed by atoms with van der Waals surface area (Å²) in [5, 5.41) is 2.43. The lowest BCUT2D eigenvalue weighted by atomic mass is 10.2. The third kappa shape index (κ3) is 2.41. The minimum absolute atomic E-state index is 0.209. The number of aromatic nitrogens is 2. The summed E-state index contributed by atoms with van der Waals surface area (Å²) in [6.07, 6.45) is 2.87. The number of nitrogens with zero attached hydrogens (tertiary/aromatic N) is 3. The lowest BCUT2D eigenvalue weighted by Crippen LogP contribution is -1.99. The van der Waals surface area contributed by atoms with Gasteiger partial charge in [0.2, 0.25) is 0 Å². The summed E-state index contributed by atoms with van der Waals surface area (Å²) in [4.78, 5) is 7.53. The molecule has 1 aromatic heterocycles. The molecule has 2 aromatic rings. The second-order valence-electron chi connectivity index (χ2n) is 3.29. The van der Waals surface area contributed by atoms with Gasteiger partial charge in [-0.05, 0) is 12.2 Å². The Kier molecular flexibility index (Phi) is 3.72. The summed E-state index contributed by atoms with van der Waals surface area (Å²) in [6.45, 7) is 0. The SMILES string of the molecule is COc1cc(N=C=S)cc(F)c1-n1cnc(Cl)c1. The van der Waals surface area contributed by atoms with Crippen molar-refractivity contribution in [3.05, 3.63) is 35.6 Å². The van der Waals surface area contributed by atoms with Crippen LogP contribution in [-0.4, -0.2) is 21.8 Å². The summed E-state index contributed by atoms with van der Waals surface area (Å²) in [6, 6.07) is 2.77. The molecule has 4 nitrogen and oxygen atoms in total. The number of aliphatic imine (C=N–C) groups is 1. The molecule has 0 saturated carbocycles. The molecule has 0 N–H and O–H groups in total. The van der Waals surface area contributed by atoms with Crippen LogP contribution >= 0.6 is 23.8 Å². The van der Waals surface area contributed by atoms with E-state index in [1.54, 1.807) is 6.07 Å². The Labute approximate surface area is 113 Å². The van der Waals surface area contributed by atoms with Crippen LogP contribution in [-0.2, 0) is 0 Å². The summed E-state index contributed by atoms with van der Waals surface area (Å²) in [7, 11) is 1.43. The Bertz CT molecular complexity index is 637. The largest absolute Gasteiger partial charge is 0.494 e. The first-order valence-electron chi connectivity index (χ1n) is 4.81. The zero-order chi connectivity index (χ0) is 13.1. The molecule has 0 atom stereocenters. The van der Waals surface area contributed by atoms with E-state index in [-0.39, 0.29) is 10.8 Å². The van der Waals surface area contributed by atoms with Crippen molar-refractivity contribution in [2.45, 2.75) is 0 Å². The molecule has 92 valence electrons. The fraction of sp³-hybridized carbons (Fsp3) is 0.0909. The maximum absolute atomic E-state index is 14.0. The minimum atomic E-state index is -0.521. The van der Waals surface area contributed by atoms with Crippen molar-refractivity contribution in [3.63, 3.8) is 0 Å². The maximum Gasteiger partial charge on any atom is 0.153 e. The van der Waals surface area contributed by atoms with Gasteiger partial charge in [0.05, 0.1) is 18.0 Å². The lowest BCUT2D eigenvalue weighted by molar-refractivity contribution is 0.409. The van der Waals surface area contributed by atoms with Gasteiger partial charge >= 0.3 is 0 Å². The van der Waals surface area contributed by atoms with Crippen molar-refractivity contribution < 1.29 is 9.13 Å². The molecule has 1 aromatic carbocycles. The average Bonchev–Trinajstić information content (AvgIpc) is 2.75. The normalized spacial score (nSPS) is 9.94. The van der Waals surface area contributed by atoms with Crippen molar-refractivity contribution in [3.8, 4) is 11.4 Å². The first kappa shape index (κ1) is 12.7. The van der Waals surface area contributed by atoms with Crippen molar-refractivity contribution >= 4 is 34.7 Å². The number of benzene rings is 1. The highest BCUT2D eigenvalue weighted by Crippen LogP contribution is 2.31. The molecule has 2 rings (SSSR count). The van der Waals surface area contributed by atoms with Gasteiger partial charge in [0, 0.05) is 18.3 Å². The van der Waals surface area contributed by atoms with Crippen LogP contribution in [0.1, 0.15) is 0 Å². The number of halogens is 2. The number of methoxy groups -OCH3 is 1. The number of hydrogen-bond donors (Lipinski definition) is 0. The van der Waals surface area contributed by atoms with Crippen LogP contribution < -0.4 is 4.74 Å². The van der Waals surface area contributed by atoms with Gasteiger partial charge in [0.15, 0.2) is 5.82 Å². The van der Waals surface area contributed by atoms with Gasteiger partial charge in [0.1, 0.15) is 22.9 Å². The van der Waals surface area contributed by atoms with Gasteiger partial charge in [-0.2, -0.15) is 4.99 Å². The number of hydrogen-bond acceptors (Lipinski definition) is 4. The monoisotopic (exact) mass is 283 g/mol. The molecule has 0 aliphatic rings. The first-order chi connectivity index (χ1) is 8.65. The highest BCUT2D eigenvalue weighted by molar-refractivity contribution is 7.78. The zero-order valence-electron chi connectivity index (χ0n) is 9.22. The highest BCUT2D eigenvalue weighted by Gasteiger charge is 2.14. The molecule has 1 heterocycles. The van der Waals surface area contributed by atoms with E-state index in [1.165, 1.54) is 30.3 Å². The van der Waals surface area contributed by atoms with E-state index in [0.717, 1.165) is 0 Å². The van der Waals surface area contributed by atoms with Crippen LogP contribution in [0.15, 0.2) is 29.6 Å². The number of rotatable bonds is 3. The first-order valence-corrected chi connectivity index (χ1v) is 5.59. The van der Waals surface area contributed by atoms with Gasteiger partial charge < -0.3 is 4.74 Å². The Balaban J connectivity index is 2.63. The van der Waals surface area contributed by atoms with E-state index in [4.69, 9.17) is 16.3 Å². The van der Waals surface area contributed by atoms with E-state index >= 15 is 0 Å². The molecule has 0 unspecified atom stereocenters. The van der Waals surface area contributed by atoms with E-state index in [0.29, 0.717) is 11.4 Å². The van der Waals surface area contributed by atoms with Gasteiger partial charge in [-0.1, -0.05) is 11.6 Å². The van der Waals surface area contributed by atoms with Crippen LogP contribution in [0.5, 0.6) is 5.75 Å². The molecular formula is C11H7ClFN3OS. The standard InChI is InChI=1S/C11H7ClFN3OS/c1-17-9-3-7(15-6-18)2-8(13)11(9)16-4-10(12)14-5-16/h2-5H,1H3. The van der Waals surface area contributed by atoms with E-state index in [1.807, 2.05) is 0 Å². The topological polar surface area (TPSA) is 39.4 Å². The fourth-order valence-corrected chi connectivity index (χ4v) is 1.76. The van der Waals surface area contributed by atoms with Crippen molar-refractivity contribution in [2.24, 2.45) is 4.99 Å². The predicted molar refractivity (Wildman–Crippen MR) is 69.8 cm³/mol. The predicted octanol–water partition coefficient (Wildman–Crippen LogP) is 3.41. The molecule has 0 fully saturated rings. The van der Waals surface area contributed by atoms with Crippen LogP contribution in [0, 0.1) is 5.82 Å². The summed E-state index contributed by atoms with van der Waals surface area (Å²) < 4.78 is 20.6. The second-order valence-corrected chi connectivity index (χ2v) is 3.86. The number of imidazole rings is 1. The number of thiocarbonyl (C=S) groups is 1. The molecule has 0 amide bonds. The van der Waals surface area contributed by atoms with Crippen molar-refractivity contribution in [1.82, 2.24) is 9.55 Å². The second kappa shape index (κ2) is 5.27. The van der Waals surface area contributed by atoms with E-state index in [2.05, 4.69) is 27.4 Å². The Morgan fingerprint density at radius 1 is 1.56 bits per heavy atom. The number of ether oxygens (including phenoxy) is 1. The Morgan fingerprint density at radius 2 is 2.33 bits per heavy atom. The molecule has 0 aliphatic carbocycles. The molecular weight excluding hydrogens is 277 g/mol. The number of isothiocyanates is 1. The molecule has 7 heteroatoms. The quantitative estimate of drug-likeness (QED) is 0.640. The lowest BCUT2D eigenvalue weighted by Gasteiger charge is -2.10. The Hall–Kier alpha value is -1.75. The van der Waals surface area contributed by atoms with Crippen LogP contribution in [0.2, 0.25) is 5.15 Å². The van der Waals surface area contributed by atoms with Gasteiger partial charge in [-0.25, -0.2) is 9.37 Å². The molecule has 0 spiro atoms. The van der Waals surface area contributed by atoms with Crippen molar-refractivity contribution in [1.29, 1.82) is 0 Å². The smallest absolute Gasteiger partial charge is 0.153 e. The molecule has 0 bridgehead atoms. The molecule has 18 heavy (non-hydrogen) atoms. The fourth-order valence-electron chi connectivity index (χ4n) is 1.50. The highest BCUT2D eigenvalue weighted by atomic mass is 35.5. The summed E-state index contributed by atoms with van der Waals surface area (Å²) in [5.41, 5.74) is 0.537. The van der Waals surface area contributed by atoms with Gasteiger partial charge in [-0.3, -0.25) is 4.57 Å². The van der Waals surface area contributed by atoms with Crippen LogP contribution in [0.25, 0.3) is 5.69 Å². The zero-order valence-corrected chi connectivity index (χ0v) is 10.8. The molecule has 0 saturated heterocycles. The van der Waals surface area contributed by atoms with Gasteiger partial charge in [-0.15, -0.1) is 0 Å². The third-order valence-electron chi connectivity index (χ3n) is 2.22. The van der Waals surface area contributed by atoms with Crippen LogP contribution in [0.3, 0.4) is 0 Å². The maximum atomic E-state index is 14.0.